The fourth-order valence-electron chi connectivity index (χ4n) is 2.56. The summed E-state index contributed by atoms with van der Waals surface area (Å²) in [5.74, 6) is 0.444. The zero-order valence-electron chi connectivity index (χ0n) is 11.4. The smallest absolute Gasteiger partial charge is 0.223 e. The maximum Gasteiger partial charge on any atom is 0.223 e. The zero-order valence-corrected chi connectivity index (χ0v) is 11.4. The Kier molecular flexibility index (Phi) is 4.72. The molecule has 0 aromatic heterocycles. The Bertz CT molecular complexity index is 458. The third-order valence-corrected chi connectivity index (χ3v) is 3.87. The third-order valence-electron chi connectivity index (χ3n) is 3.87. The fraction of sp³-hybridized carbons (Fsp3) is 0.500. The number of rotatable bonds is 4. The molecule has 0 aliphatic heterocycles. The van der Waals surface area contributed by atoms with Gasteiger partial charge in [0.2, 0.25) is 5.91 Å². The van der Waals surface area contributed by atoms with Crippen LogP contribution in [0.25, 0.3) is 0 Å². The van der Waals surface area contributed by atoms with Crippen LogP contribution in [-0.2, 0) is 16.0 Å². The van der Waals surface area contributed by atoms with Crippen molar-refractivity contribution in [3.8, 4) is 0 Å². The van der Waals surface area contributed by atoms with Crippen molar-refractivity contribution in [2.75, 3.05) is 6.54 Å². The lowest BCUT2D eigenvalue weighted by Gasteiger charge is -2.20. The van der Waals surface area contributed by atoms with Gasteiger partial charge >= 0.3 is 0 Å². The number of hydrogen-bond donors (Lipinski definition) is 1. The van der Waals surface area contributed by atoms with E-state index in [1.54, 1.807) is 0 Å². The van der Waals surface area contributed by atoms with Gasteiger partial charge in [-0.1, -0.05) is 24.3 Å². The van der Waals surface area contributed by atoms with Crippen LogP contribution < -0.4 is 5.32 Å². The van der Waals surface area contributed by atoms with E-state index in [1.165, 1.54) is 11.1 Å². The van der Waals surface area contributed by atoms with Crippen molar-refractivity contribution in [3.05, 3.63) is 35.4 Å². The average Bonchev–Trinajstić information content (AvgIpc) is 2.41. The predicted octanol–water partition coefficient (Wildman–Crippen LogP) is 2.41. The fourth-order valence-corrected chi connectivity index (χ4v) is 2.56. The molecular formula is C16H21NO2. The van der Waals surface area contributed by atoms with Gasteiger partial charge in [-0.15, -0.1) is 0 Å². The molecule has 1 saturated carbocycles. The topological polar surface area (TPSA) is 46.2 Å². The maximum absolute atomic E-state index is 12.0. The Morgan fingerprint density at radius 1 is 1.26 bits per heavy atom. The molecule has 1 amide bonds. The Balaban J connectivity index is 1.75. The molecule has 1 fully saturated rings. The molecule has 3 heteroatoms. The van der Waals surface area contributed by atoms with Crippen molar-refractivity contribution in [2.24, 2.45) is 5.92 Å². The second-order valence-corrected chi connectivity index (χ2v) is 5.28. The van der Waals surface area contributed by atoms with Crippen molar-refractivity contribution < 1.29 is 9.59 Å². The molecule has 1 aliphatic rings. The lowest BCUT2D eigenvalue weighted by Crippen LogP contribution is -2.34. The van der Waals surface area contributed by atoms with E-state index >= 15 is 0 Å². The molecule has 102 valence electrons. The number of aryl methyl sites for hydroxylation is 1. The lowest BCUT2D eigenvalue weighted by molar-refractivity contribution is -0.128. The van der Waals surface area contributed by atoms with E-state index in [-0.39, 0.29) is 11.8 Å². The molecule has 19 heavy (non-hydrogen) atoms. The second-order valence-electron chi connectivity index (χ2n) is 5.28. The molecule has 0 spiro atoms. The number of carbonyl (C=O) groups excluding carboxylic acids is 2. The standard InChI is InChI=1S/C16H21NO2/c1-12-4-2-3-5-13(12)10-11-17-16(19)14-6-8-15(18)9-7-14/h2-5,14H,6-11H2,1H3,(H,17,19). The zero-order chi connectivity index (χ0) is 13.7. The monoisotopic (exact) mass is 259 g/mol. The van der Waals surface area contributed by atoms with Crippen LogP contribution in [0.3, 0.4) is 0 Å². The van der Waals surface area contributed by atoms with E-state index in [2.05, 4.69) is 24.4 Å². The third kappa shape index (κ3) is 3.91. The summed E-state index contributed by atoms with van der Waals surface area (Å²) >= 11 is 0. The molecule has 0 unspecified atom stereocenters. The predicted molar refractivity (Wildman–Crippen MR) is 74.9 cm³/mol. The van der Waals surface area contributed by atoms with E-state index in [0.29, 0.717) is 25.2 Å². The summed E-state index contributed by atoms with van der Waals surface area (Å²) in [6.07, 6.45) is 3.43. The van der Waals surface area contributed by atoms with Gasteiger partial charge in [0.1, 0.15) is 5.78 Å². The Hall–Kier alpha value is -1.64. The average molecular weight is 259 g/mol. The highest BCUT2D eigenvalue weighted by molar-refractivity contribution is 5.84. The van der Waals surface area contributed by atoms with Crippen molar-refractivity contribution in [1.29, 1.82) is 0 Å². The Labute approximate surface area is 114 Å². The van der Waals surface area contributed by atoms with Crippen LogP contribution in [0.5, 0.6) is 0 Å². The van der Waals surface area contributed by atoms with Gasteiger partial charge in [-0.25, -0.2) is 0 Å². The lowest BCUT2D eigenvalue weighted by atomic mass is 9.88. The molecule has 0 atom stereocenters. The summed E-state index contributed by atoms with van der Waals surface area (Å²) in [4.78, 5) is 23.1. The van der Waals surface area contributed by atoms with Gasteiger partial charge in [-0.2, -0.15) is 0 Å². The minimum atomic E-state index is 0.0366. The van der Waals surface area contributed by atoms with Crippen LogP contribution >= 0.6 is 0 Å². The number of Topliss-reactive ketones (excluding diaryl/α,β-unsaturated/α-hetero) is 1. The minimum Gasteiger partial charge on any atom is -0.356 e. The van der Waals surface area contributed by atoms with Crippen molar-refractivity contribution in [1.82, 2.24) is 5.32 Å². The van der Waals surface area contributed by atoms with Gasteiger partial charge in [0.25, 0.3) is 0 Å². The molecule has 0 bridgehead atoms. The molecule has 0 saturated heterocycles. The second kappa shape index (κ2) is 6.50. The highest BCUT2D eigenvalue weighted by Gasteiger charge is 2.24. The number of ketones is 1. The van der Waals surface area contributed by atoms with E-state index in [9.17, 15) is 9.59 Å². The van der Waals surface area contributed by atoms with Gasteiger partial charge in [0.05, 0.1) is 0 Å². The quantitative estimate of drug-likeness (QED) is 0.902. The summed E-state index contributed by atoms with van der Waals surface area (Å²) < 4.78 is 0. The van der Waals surface area contributed by atoms with Gasteiger partial charge < -0.3 is 5.32 Å². The highest BCUT2D eigenvalue weighted by Crippen LogP contribution is 2.21. The largest absolute Gasteiger partial charge is 0.356 e. The first-order chi connectivity index (χ1) is 9.16. The number of carbonyl (C=O) groups is 2. The van der Waals surface area contributed by atoms with Gasteiger partial charge in [0, 0.05) is 25.3 Å². The van der Waals surface area contributed by atoms with E-state index in [4.69, 9.17) is 0 Å². The molecule has 1 N–H and O–H groups in total. The number of hydrogen-bond acceptors (Lipinski definition) is 2. The molecule has 2 rings (SSSR count). The van der Waals surface area contributed by atoms with Gasteiger partial charge in [-0.3, -0.25) is 9.59 Å². The summed E-state index contributed by atoms with van der Waals surface area (Å²) in [5.41, 5.74) is 2.54. The van der Waals surface area contributed by atoms with E-state index in [0.717, 1.165) is 19.3 Å². The minimum absolute atomic E-state index is 0.0366. The van der Waals surface area contributed by atoms with E-state index in [1.807, 2.05) is 12.1 Å². The first-order valence-electron chi connectivity index (χ1n) is 7.00. The first-order valence-corrected chi connectivity index (χ1v) is 7.00. The van der Waals surface area contributed by atoms with Crippen LogP contribution in [0, 0.1) is 12.8 Å². The molecule has 1 aromatic rings. The molecular weight excluding hydrogens is 238 g/mol. The molecule has 1 aromatic carbocycles. The van der Waals surface area contributed by atoms with Crippen LogP contribution in [0.4, 0.5) is 0 Å². The normalized spacial score (nSPS) is 16.4. The number of benzene rings is 1. The van der Waals surface area contributed by atoms with Crippen LogP contribution in [0.15, 0.2) is 24.3 Å². The first kappa shape index (κ1) is 13.8. The Morgan fingerprint density at radius 2 is 1.95 bits per heavy atom. The summed E-state index contributed by atoms with van der Waals surface area (Å²) in [7, 11) is 0. The summed E-state index contributed by atoms with van der Waals surface area (Å²) in [6.45, 7) is 2.76. The van der Waals surface area contributed by atoms with Crippen molar-refractivity contribution in [3.63, 3.8) is 0 Å². The molecule has 3 nitrogen and oxygen atoms in total. The van der Waals surface area contributed by atoms with Gasteiger partial charge in [0.15, 0.2) is 0 Å². The molecule has 1 aliphatic carbocycles. The molecule has 0 radical (unpaired) electrons. The Morgan fingerprint density at radius 3 is 2.63 bits per heavy atom. The van der Waals surface area contributed by atoms with Crippen molar-refractivity contribution in [2.45, 2.75) is 39.0 Å². The number of amides is 1. The molecule has 0 heterocycles. The maximum atomic E-state index is 12.0. The van der Waals surface area contributed by atoms with Crippen molar-refractivity contribution >= 4 is 11.7 Å². The SMILES string of the molecule is Cc1ccccc1CCNC(=O)C1CCC(=O)CC1. The number of nitrogens with one attached hydrogen (secondary N) is 1. The van der Waals surface area contributed by atoms with Crippen LogP contribution in [0.2, 0.25) is 0 Å². The summed E-state index contributed by atoms with van der Waals surface area (Å²) in [6, 6.07) is 8.23. The summed E-state index contributed by atoms with van der Waals surface area (Å²) in [5, 5.41) is 2.99. The van der Waals surface area contributed by atoms with Gasteiger partial charge in [-0.05, 0) is 37.3 Å². The van der Waals surface area contributed by atoms with Crippen LogP contribution in [0.1, 0.15) is 36.8 Å². The van der Waals surface area contributed by atoms with E-state index < -0.39 is 0 Å². The van der Waals surface area contributed by atoms with Crippen LogP contribution in [-0.4, -0.2) is 18.2 Å². The highest BCUT2D eigenvalue weighted by atomic mass is 16.2.